The topological polar surface area (TPSA) is 24.9 Å². The van der Waals surface area contributed by atoms with Crippen LogP contribution < -0.4 is 5.32 Å². The summed E-state index contributed by atoms with van der Waals surface area (Å²) in [7, 11) is 0. The van der Waals surface area contributed by atoms with Crippen LogP contribution in [0, 0.1) is 0 Å². The van der Waals surface area contributed by atoms with E-state index >= 15 is 0 Å². The maximum absolute atomic E-state index is 12.4. The molecule has 0 fully saturated rings. The molecule has 0 saturated carbocycles. The molecular formula is C13H13F3N2S. The second-order valence-electron chi connectivity index (χ2n) is 4.17. The van der Waals surface area contributed by atoms with Gasteiger partial charge in [-0.05, 0) is 24.6 Å². The molecule has 0 bridgehead atoms. The highest BCUT2D eigenvalue weighted by atomic mass is 32.1. The summed E-state index contributed by atoms with van der Waals surface area (Å²) in [4.78, 5) is 4.18. The highest BCUT2D eigenvalue weighted by Gasteiger charge is 2.29. The molecular weight excluding hydrogens is 273 g/mol. The highest BCUT2D eigenvalue weighted by molar-refractivity contribution is 7.09. The van der Waals surface area contributed by atoms with Crippen molar-refractivity contribution in [2.45, 2.75) is 25.7 Å². The molecule has 0 aliphatic heterocycles. The summed E-state index contributed by atoms with van der Waals surface area (Å²) in [5, 5.41) is 6.09. The van der Waals surface area contributed by atoms with Crippen LogP contribution >= 0.6 is 11.3 Å². The molecule has 1 heterocycles. The molecule has 2 rings (SSSR count). The van der Waals surface area contributed by atoms with Gasteiger partial charge in [0.25, 0.3) is 0 Å². The summed E-state index contributed by atoms with van der Waals surface area (Å²) in [6, 6.07) is 5.27. The second-order valence-corrected chi connectivity index (χ2v) is 5.09. The molecule has 2 nitrogen and oxygen atoms in total. The van der Waals surface area contributed by atoms with Crippen LogP contribution in [0.4, 0.5) is 13.2 Å². The lowest BCUT2D eigenvalue weighted by Gasteiger charge is -2.12. The van der Waals surface area contributed by atoms with Gasteiger partial charge in [-0.1, -0.05) is 12.1 Å². The van der Waals surface area contributed by atoms with Crippen LogP contribution in [0.25, 0.3) is 0 Å². The second kappa shape index (κ2) is 5.71. The standard InChI is InChI=1S/C13H13F3N2S/c1-9(12-17-6-7-19-12)18-8-10-2-4-11(5-3-10)13(14,15)16/h2-7,9,18H,8H2,1H3. The van der Waals surface area contributed by atoms with Gasteiger partial charge in [-0.15, -0.1) is 11.3 Å². The largest absolute Gasteiger partial charge is 0.416 e. The SMILES string of the molecule is CC(NCc1ccc(C(F)(F)F)cc1)c1nccs1. The number of benzene rings is 1. The van der Waals surface area contributed by atoms with E-state index in [9.17, 15) is 13.2 Å². The van der Waals surface area contributed by atoms with Crippen molar-refractivity contribution in [3.63, 3.8) is 0 Å². The van der Waals surface area contributed by atoms with E-state index < -0.39 is 11.7 Å². The van der Waals surface area contributed by atoms with Crippen LogP contribution in [-0.4, -0.2) is 4.98 Å². The van der Waals surface area contributed by atoms with Gasteiger partial charge < -0.3 is 5.32 Å². The van der Waals surface area contributed by atoms with E-state index in [1.807, 2.05) is 12.3 Å². The van der Waals surface area contributed by atoms with Crippen molar-refractivity contribution in [3.8, 4) is 0 Å². The summed E-state index contributed by atoms with van der Waals surface area (Å²) in [5.41, 5.74) is 0.195. The fraction of sp³-hybridized carbons (Fsp3) is 0.308. The summed E-state index contributed by atoms with van der Waals surface area (Å²) in [6.45, 7) is 2.49. The quantitative estimate of drug-likeness (QED) is 0.918. The molecule has 0 aliphatic carbocycles. The fourth-order valence-electron chi connectivity index (χ4n) is 1.62. The lowest BCUT2D eigenvalue weighted by molar-refractivity contribution is -0.137. The van der Waals surface area contributed by atoms with Gasteiger partial charge in [0.15, 0.2) is 0 Å². The Labute approximate surface area is 113 Å². The van der Waals surface area contributed by atoms with Crippen LogP contribution in [0.2, 0.25) is 0 Å². The van der Waals surface area contributed by atoms with Gasteiger partial charge in [0.05, 0.1) is 11.6 Å². The minimum Gasteiger partial charge on any atom is -0.304 e. The Morgan fingerprint density at radius 2 is 1.95 bits per heavy atom. The molecule has 0 radical (unpaired) electrons. The zero-order valence-corrected chi connectivity index (χ0v) is 11.1. The van der Waals surface area contributed by atoms with Crippen molar-refractivity contribution in [3.05, 3.63) is 52.0 Å². The maximum Gasteiger partial charge on any atom is 0.416 e. The van der Waals surface area contributed by atoms with E-state index in [1.165, 1.54) is 12.1 Å². The number of nitrogens with zero attached hydrogens (tertiary/aromatic N) is 1. The zero-order valence-electron chi connectivity index (χ0n) is 10.2. The maximum atomic E-state index is 12.4. The van der Waals surface area contributed by atoms with E-state index in [-0.39, 0.29) is 6.04 Å². The normalized spacial score (nSPS) is 13.5. The molecule has 0 saturated heterocycles. The summed E-state index contributed by atoms with van der Waals surface area (Å²) in [5.74, 6) is 0. The van der Waals surface area contributed by atoms with Gasteiger partial charge >= 0.3 is 6.18 Å². The average Bonchev–Trinajstić information content (AvgIpc) is 2.89. The Balaban J connectivity index is 1.93. The molecule has 1 atom stereocenters. The van der Waals surface area contributed by atoms with Crippen LogP contribution in [-0.2, 0) is 12.7 Å². The molecule has 0 amide bonds. The van der Waals surface area contributed by atoms with Crippen LogP contribution in [0.15, 0.2) is 35.8 Å². The number of alkyl halides is 3. The molecule has 1 aromatic heterocycles. The first-order chi connectivity index (χ1) is 8.97. The van der Waals surface area contributed by atoms with Crippen LogP contribution in [0.1, 0.15) is 29.1 Å². The average molecular weight is 286 g/mol. The molecule has 0 spiro atoms. The van der Waals surface area contributed by atoms with E-state index in [0.717, 1.165) is 22.7 Å². The Hall–Kier alpha value is -1.40. The lowest BCUT2D eigenvalue weighted by atomic mass is 10.1. The number of aromatic nitrogens is 1. The monoisotopic (exact) mass is 286 g/mol. The Kier molecular flexibility index (Phi) is 4.21. The molecule has 6 heteroatoms. The van der Waals surface area contributed by atoms with Gasteiger partial charge in [-0.3, -0.25) is 0 Å². The van der Waals surface area contributed by atoms with Crippen LogP contribution in [0.5, 0.6) is 0 Å². The Morgan fingerprint density at radius 1 is 1.26 bits per heavy atom. The van der Waals surface area contributed by atoms with Crippen molar-refractivity contribution in [2.24, 2.45) is 0 Å². The minimum absolute atomic E-state index is 0.0855. The number of thiazole rings is 1. The lowest BCUT2D eigenvalue weighted by Crippen LogP contribution is -2.18. The van der Waals surface area contributed by atoms with Crippen molar-refractivity contribution in [1.82, 2.24) is 10.3 Å². The van der Waals surface area contributed by atoms with E-state index in [0.29, 0.717) is 6.54 Å². The summed E-state index contributed by atoms with van der Waals surface area (Å²) in [6.07, 6.45) is -2.55. The van der Waals surface area contributed by atoms with Gasteiger partial charge in [0.1, 0.15) is 5.01 Å². The number of rotatable bonds is 4. The van der Waals surface area contributed by atoms with Crippen LogP contribution in [0.3, 0.4) is 0 Å². The fourth-order valence-corrected chi connectivity index (χ4v) is 2.29. The van der Waals surface area contributed by atoms with Gasteiger partial charge in [-0.2, -0.15) is 13.2 Å². The highest BCUT2D eigenvalue weighted by Crippen LogP contribution is 2.29. The Morgan fingerprint density at radius 3 is 2.47 bits per heavy atom. The molecule has 1 N–H and O–H groups in total. The molecule has 1 aromatic carbocycles. The molecule has 1 unspecified atom stereocenters. The van der Waals surface area contributed by atoms with E-state index in [1.54, 1.807) is 17.5 Å². The third-order valence-corrected chi connectivity index (χ3v) is 3.67. The van der Waals surface area contributed by atoms with Crippen molar-refractivity contribution in [2.75, 3.05) is 0 Å². The first-order valence-electron chi connectivity index (χ1n) is 5.76. The summed E-state index contributed by atoms with van der Waals surface area (Å²) < 4.78 is 37.2. The molecule has 2 aromatic rings. The van der Waals surface area contributed by atoms with E-state index in [2.05, 4.69) is 10.3 Å². The Bertz CT molecular complexity index is 506. The molecule has 102 valence electrons. The van der Waals surface area contributed by atoms with Crippen molar-refractivity contribution >= 4 is 11.3 Å². The van der Waals surface area contributed by atoms with Gasteiger partial charge in [-0.25, -0.2) is 4.98 Å². The number of halogens is 3. The predicted molar refractivity (Wildman–Crippen MR) is 68.8 cm³/mol. The predicted octanol–water partition coefficient (Wildman–Crippen LogP) is 4.01. The third kappa shape index (κ3) is 3.78. The van der Waals surface area contributed by atoms with E-state index in [4.69, 9.17) is 0 Å². The molecule has 19 heavy (non-hydrogen) atoms. The first kappa shape index (κ1) is 14.0. The summed E-state index contributed by atoms with van der Waals surface area (Å²) >= 11 is 1.55. The zero-order chi connectivity index (χ0) is 13.9. The number of hydrogen-bond acceptors (Lipinski definition) is 3. The number of hydrogen-bond donors (Lipinski definition) is 1. The first-order valence-corrected chi connectivity index (χ1v) is 6.63. The van der Waals surface area contributed by atoms with Crippen molar-refractivity contribution in [1.29, 1.82) is 0 Å². The van der Waals surface area contributed by atoms with Gasteiger partial charge in [0.2, 0.25) is 0 Å². The smallest absolute Gasteiger partial charge is 0.304 e. The molecule has 0 aliphatic rings. The third-order valence-electron chi connectivity index (χ3n) is 2.72. The number of nitrogens with one attached hydrogen (secondary N) is 1. The minimum atomic E-state index is -4.28. The van der Waals surface area contributed by atoms with Crippen molar-refractivity contribution < 1.29 is 13.2 Å². The van der Waals surface area contributed by atoms with Gasteiger partial charge in [0, 0.05) is 18.1 Å².